The van der Waals surface area contributed by atoms with Crippen LogP contribution in [0.2, 0.25) is 0 Å². The molecule has 0 saturated heterocycles. The van der Waals surface area contributed by atoms with Crippen molar-refractivity contribution < 1.29 is 4.79 Å². The van der Waals surface area contributed by atoms with Gasteiger partial charge in [0.2, 0.25) is 5.91 Å². The third-order valence-electron chi connectivity index (χ3n) is 2.52. The summed E-state index contributed by atoms with van der Waals surface area (Å²) in [6, 6.07) is 7.46. The maximum atomic E-state index is 11.9. The minimum atomic E-state index is -0.439. The topological polar surface area (TPSA) is 55.1 Å². The smallest absolute Gasteiger partial charge is 0.241 e. The van der Waals surface area contributed by atoms with Gasteiger partial charge in [0, 0.05) is 15.3 Å². The van der Waals surface area contributed by atoms with Crippen molar-refractivity contribution in [3.05, 3.63) is 24.3 Å². The zero-order chi connectivity index (χ0) is 15.2. The van der Waals surface area contributed by atoms with Crippen LogP contribution in [0.1, 0.15) is 27.2 Å². The summed E-state index contributed by atoms with van der Waals surface area (Å²) < 4.78 is 0.185. The molecule has 1 aromatic rings. The van der Waals surface area contributed by atoms with Crippen LogP contribution in [-0.4, -0.2) is 28.7 Å². The predicted octanol–water partition coefficient (Wildman–Crippen LogP) is 3.60. The molecule has 0 radical (unpaired) electrons. The van der Waals surface area contributed by atoms with E-state index in [0.29, 0.717) is 6.42 Å². The molecule has 0 saturated carbocycles. The summed E-state index contributed by atoms with van der Waals surface area (Å²) in [4.78, 5) is 13.1. The van der Waals surface area contributed by atoms with Crippen molar-refractivity contribution in [2.45, 2.75) is 42.9 Å². The molecule has 0 bridgehead atoms. The number of hydrogen-bond donors (Lipinski definition) is 2. The number of carbonyl (C=O) groups is 1. The van der Waals surface area contributed by atoms with Crippen LogP contribution in [0.3, 0.4) is 0 Å². The summed E-state index contributed by atoms with van der Waals surface area (Å²) in [5.41, 5.74) is 6.63. The van der Waals surface area contributed by atoms with Crippen molar-refractivity contribution in [2.75, 3.05) is 17.3 Å². The second kappa shape index (κ2) is 7.96. The second-order valence-electron chi connectivity index (χ2n) is 5.62. The van der Waals surface area contributed by atoms with E-state index in [1.165, 1.54) is 4.90 Å². The Morgan fingerprint density at radius 2 is 1.90 bits per heavy atom. The van der Waals surface area contributed by atoms with Gasteiger partial charge in [0.1, 0.15) is 0 Å². The van der Waals surface area contributed by atoms with Crippen LogP contribution in [0.25, 0.3) is 0 Å². The minimum absolute atomic E-state index is 0.115. The van der Waals surface area contributed by atoms with Gasteiger partial charge in [-0.15, -0.1) is 11.8 Å². The van der Waals surface area contributed by atoms with E-state index in [0.717, 1.165) is 11.4 Å². The van der Waals surface area contributed by atoms with Gasteiger partial charge in [-0.1, -0.05) is 20.8 Å². The first kappa shape index (κ1) is 17.4. The second-order valence-corrected chi connectivity index (χ2v) is 8.50. The number of nitrogens with two attached hydrogens (primary N) is 1. The summed E-state index contributed by atoms with van der Waals surface area (Å²) in [6.45, 7) is 6.54. The van der Waals surface area contributed by atoms with E-state index in [4.69, 9.17) is 5.73 Å². The Labute approximate surface area is 130 Å². The maximum absolute atomic E-state index is 11.9. The number of amides is 1. The molecule has 112 valence electrons. The Balaban J connectivity index is 2.55. The lowest BCUT2D eigenvalue weighted by atomic mass is 10.2. The largest absolute Gasteiger partial charge is 0.325 e. The third-order valence-corrected chi connectivity index (χ3v) is 4.28. The number of anilines is 1. The highest BCUT2D eigenvalue weighted by Crippen LogP contribution is 2.32. The first-order valence-electron chi connectivity index (χ1n) is 6.66. The van der Waals surface area contributed by atoms with E-state index < -0.39 is 6.04 Å². The van der Waals surface area contributed by atoms with Crippen LogP contribution in [0, 0.1) is 0 Å². The summed E-state index contributed by atoms with van der Waals surface area (Å²) in [5, 5.41) is 2.86. The summed E-state index contributed by atoms with van der Waals surface area (Å²) in [5.74, 6) is 0.783. The molecule has 0 unspecified atom stereocenters. The standard InChI is InChI=1S/C15H24N2OS2/c1-15(2,3)20-12-7-5-11(6-8-12)17-14(18)13(16)9-10-19-4/h5-8,13H,9-10,16H2,1-4H3,(H,17,18)/t13-/m0/s1. The van der Waals surface area contributed by atoms with Gasteiger partial charge in [0.25, 0.3) is 0 Å². The molecule has 5 heteroatoms. The van der Waals surface area contributed by atoms with E-state index >= 15 is 0 Å². The van der Waals surface area contributed by atoms with Crippen LogP contribution < -0.4 is 11.1 Å². The quantitative estimate of drug-likeness (QED) is 0.788. The van der Waals surface area contributed by atoms with Crippen molar-refractivity contribution in [2.24, 2.45) is 5.73 Å². The molecule has 0 spiro atoms. The lowest BCUT2D eigenvalue weighted by Crippen LogP contribution is -2.36. The molecule has 1 atom stereocenters. The van der Waals surface area contributed by atoms with Gasteiger partial charge in [0.05, 0.1) is 6.04 Å². The minimum Gasteiger partial charge on any atom is -0.325 e. The van der Waals surface area contributed by atoms with E-state index in [-0.39, 0.29) is 10.7 Å². The van der Waals surface area contributed by atoms with Crippen LogP contribution in [0.15, 0.2) is 29.2 Å². The summed E-state index contributed by atoms with van der Waals surface area (Å²) in [7, 11) is 0. The number of benzene rings is 1. The maximum Gasteiger partial charge on any atom is 0.241 e. The van der Waals surface area contributed by atoms with E-state index in [1.54, 1.807) is 23.5 Å². The Hall–Kier alpha value is -0.650. The van der Waals surface area contributed by atoms with Crippen LogP contribution in [0.5, 0.6) is 0 Å². The highest BCUT2D eigenvalue weighted by Gasteiger charge is 2.14. The number of rotatable bonds is 6. The molecule has 0 aromatic heterocycles. The number of thioether (sulfide) groups is 2. The van der Waals surface area contributed by atoms with Gasteiger partial charge >= 0.3 is 0 Å². The first-order valence-corrected chi connectivity index (χ1v) is 8.87. The summed E-state index contributed by atoms with van der Waals surface area (Å²) >= 11 is 3.50. The number of carbonyl (C=O) groups excluding carboxylic acids is 1. The lowest BCUT2D eigenvalue weighted by molar-refractivity contribution is -0.117. The zero-order valence-electron chi connectivity index (χ0n) is 12.6. The first-order chi connectivity index (χ1) is 9.31. The molecular formula is C15H24N2OS2. The van der Waals surface area contributed by atoms with Crippen LogP contribution in [0.4, 0.5) is 5.69 Å². The fourth-order valence-electron chi connectivity index (χ4n) is 1.57. The fraction of sp³-hybridized carbons (Fsp3) is 0.533. The Morgan fingerprint density at radius 1 is 1.30 bits per heavy atom. The molecule has 1 aromatic carbocycles. The van der Waals surface area contributed by atoms with Crippen LogP contribution >= 0.6 is 23.5 Å². The Morgan fingerprint density at radius 3 is 2.40 bits per heavy atom. The molecule has 0 heterocycles. The molecule has 1 rings (SSSR count). The molecule has 3 nitrogen and oxygen atoms in total. The highest BCUT2D eigenvalue weighted by molar-refractivity contribution is 8.00. The number of hydrogen-bond acceptors (Lipinski definition) is 4. The normalized spacial score (nSPS) is 13.1. The van der Waals surface area contributed by atoms with Gasteiger partial charge in [-0.05, 0) is 42.7 Å². The number of nitrogens with one attached hydrogen (secondary N) is 1. The molecule has 0 fully saturated rings. The van der Waals surface area contributed by atoms with Crippen molar-refractivity contribution in [1.82, 2.24) is 0 Å². The fourth-order valence-corrected chi connectivity index (χ4v) is 3.04. The van der Waals surface area contributed by atoms with Crippen molar-refractivity contribution in [1.29, 1.82) is 0 Å². The molecular weight excluding hydrogens is 288 g/mol. The summed E-state index contributed by atoms with van der Waals surface area (Å²) in [6.07, 6.45) is 2.71. The average molecular weight is 313 g/mol. The van der Waals surface area contributed by atoms with Gasteiger partial charge in [0.15, 0.2) is 0 Å². The van der Waals surface area contributed by atoms with Gasteiger partial charge in [-0.2, -0.15) is 11.8 Å². The van der Waals surface area contributed by atoms with Gasteiger partial charge in [-0.3, -0.25) is 4.79 Å². The average Bonchev–Trinajstić information content (AvgIpc) is 2.36. The Bertz CT molecular complexity index is 426. The third kappa shape index (κ3) is 6.68. The van der Waals surface area contributed by atoms with Crippen molar-refractivity contribution in [3.63, 3.8) is 0 Å². The molecule has 0 aliphatic rings. The zero-order valence-corrected chi connectivity index (χ0v) is 14.2. The van der Waals surface area contributed by atoms with Crippen LogP contribution in [-0.2, 0) is 4.79 Å². The van der Waals surface area contributed by atoms with E-state index in [1.807, 2.05) is 30.5 Å². The van der Waals surface area contributed by atoms with E-state index in [9.17, 15) is 4.79 Å². The lowest BCUT2D eigenvalue weighted by Gasteiger charge is -2.18. The monoisotopic (exact) mass is 312 g/mol. The van der Waals surface area contributed by atoms with Crippen molar-refractivity contribution >= 4 is 35.1 Å². The molecule has 3 N–H and O–H groups in total. The molecule has 0 aliphatic carbocycles. The molecule has 0 aliphatic heterocycles. The van der Waals surface area contributed by atoms with Gasteiger partial charge in [-0.25, -0.2) is 0 Å². The van der Waals surface area contributed by atoms with E-state index in [2.05, 4.69) is 26.1 Å². The molecule has 20 heavy (non-hydrogen) atoms. The SMILES string of the molecule is CSCC[C@H](N)C(=O)Nc1ccc(SC(C)(C)C)cc1. The van der Waals surface area contributed by atoms with Gasteiger partial charge < -0.3 is 11.1 Å². The predicted molar refractivity (Wildman–Crippen MR) is 91.7 cm³/mol. The van der Waals surface area contributed by atoms with Crippen molar-refractivity contribution in [3.8, 4) is 0 Å². The Kier molecular flexibility index (Phi) is 6.92. The molecule has 1 amide bonds. The highest BCUT2D eigenvalue weighted by atomic mass is 32.2.